The summed E-state index contributed by atoms with van der Waals surface area (Å²) in [6.45, 7) is 38.0. The maximum absolute atomic E-state index is 4.03. The van der Waals surface area contributed by atoms with E-state index in [-0.39, 0.29) is 0 Å². The third-order valence-corrected chi connectivity index (χ3v) is 30.0. The minimum absolute atomic E-state index is 0.318. The molecule has 0 aromatic heterocycles. The van der Waals surface area contributed by atoms with Crippen LogP contribution in [-0.2, 0) is 0 Å². The van der Waals surface area contributed by atoms with Crippen molar-refractivity contribution in [3.63, 3.8) is 0 Å². The van der Waals surface area contributed by atoms with Crippen molar-refractivity contribution in [2.24, 2.45) is 0 Å². The second-order valence-corrected chi connectivity index (χ2v) is 35.4. The Bertz CT molecular complexity index is 3690. The van der Waals surface area contributed by atoms with Gasteiger partial charge in [0.1, 0.15) is 16.1 Å². The fourth-order valence-electron chi connectivity index (χ4n) is 13.8. The molecule has 0 atom stereocenters. The molecular formula is C74H78Si2. The summed E-state index contributed by atoms with van der Waals surface area (Å²) >= 11 is 0. The third kappa shape index (κ3) is 9.60. The quantitative estimate of drug-likeness (QED) is 0.0808. The van der Waals surface area contributed by atoms with Gasteiger partial charge in [0.25, 0.3) is 0 Å². The molecule has 9 aromatic rings. The average molecular weight is 1020 g/mol. The summed E-state index contributed by atoms with van der Waals surface area (Å²) in [5.41, 5.74) is 20.5. The molecule has 382 valence electrons. The lowest BCUT2D eigenvalue weighted by Gasteiger charge is -2.38. The highest BCUT2D eigenvalue weighted by molar-refractivity contribution is 6.91. The van der Waals surface area contributed by atoms with Crippen molar-refractivity contribution in [1.29, 1.82) is 0 Å². The van der Waals surface area contributed by atoms with Gasteiger partial charge >= 0.3 is 0 Å². The van der Waals surface area contributed by atoms with Gasteiger partial charge in [0.05, 0.1) is 0 Å². The molecule has 0 N–H and O–H groups in total. The molecule has 0 saturated heterocycles. The van der Waals surface area contributed by atoms with E-state index in [4.69, 9.17) is 0 Å². The summed E-state index contributed by atoms with van der Waals surface area (Å²) in [4.78, 5) is 0. The van der Waals surface area contributed by atoms with Gasteiger partial charge in [0.15, 0.2) is 0 Å². The normalized spacial score (nSPS) is 12.2. The summed E-state index contributed by atoms with van der Waals surface area (Å²) in [7, 11) is -3.89. The molecule has 9 aromatic carbocycles. The molecule has 0 heterocycles. The Hall–Kier alpha value is -6.79. The van der Waals surface area contributed by atoms with Crippen molar-refractivity contribution in [2.75, 3.05) is 0 Å². The molecule has 0 aliphatic rings. The number of hydrogen-bond acceptors (Lipinski definition) is 0. The van der Waals surface area contributed by atoms with Crippen molar-refractivity contribution < 1.29 is 0 Å². The highest BCUT2D eigenvalue weighted by Crippen LogP contribution is 2.44. The zero-order valence-corrected chi connectivity index (χ0v) is 50.3. The minimum Gasteiger partial charge on any atom is -0.125 e. The third-order valence-electron chi connectivity index (χ3n) is 17.4. The van der Waals surface area contributed by atoms with Gasteiger partial charge in [-0.05, 0) is 182 Å². The summed E-state index contributed by atoms with van der Waals surface area (Å²) in [5, 5.41) is 14.5. The zero-order chi connectivity index (χ0) is 54.4. The van der Waals surface area contributed by atoms with Gasteiger partial charge in [-0.1, -0.05) is 219 Å². The number of fused-ring (bicyclic) bond motifs is 6. The van der Waals surface area contributed by atoms with Gasteiger partial charge in [0.2, 0.25) is 0 Å². The first kappa shape index (κ1) is 54.0. The van der Waals surface area contributed by atoms with E-state index in [1.54, 1.807) is 0 Å². The van der Waals surface area contributed by atoms with Crippen LogP contribution in [0.5, 0.6) is 0 Å². The Morgan fingerprint density at radius 1 is 0.250 bits per heavy atom. The second-order valence-electron chi connectivity index (χ2n) is 24.2. The van der Waals surface area contributed by atoms with Crippen molar-refractivity contribution in [3.8, 4) is 46.6 Å². The molecule has 0 saturated carbocycles. The van der Waals surface area contributed by atoms with Crippen LogP contribution in [0.15, 0.2) is 133 Å². The summed E-state index contributed by atoms with van der Waals surface area (Å²) in [6.07, 6.45) is 0. The zero-order valence-electron chi connectivity index (χ0n) is 48.3. The molecule has 0 aliphatic heterocycles. The van der Waals surface area contributed by atoms with Crippen LogP contribution >= 0.6 is 0 Å². The highest BCUT2D eigenvalue weighted by atomic mass is 28.3. The molecule has 2 heteroatoms. The first-order valence-corrected chi connectivity index (χ1v) is 32.8. The lowest BCUT2D eigenvalue weighted by atomic mass is 9.87. The van der Waals surface area contributed by atoms with Crippen LogP contribution in [-0.4, -0.2) is 16.1 Å². The van der Waals surface area contributed by atoms with E-state index in [2.05, 4.69) is 291 Å². The van der Waals surface area contributed by atoms with E-state index in [1.165, 1.54) is 65.0 Å². The van der Waals surface area contributed by atoms with Crippen LogP contribution in [0.4, 0.5) is 0 Å². The smallest absolute Gasteiger partial charge is 0.125 e. The molecule has 76 heavy (non-hydrogen) atoms. The Balaban J connectivity index is 1.17. The summed E-state index contributed by atoms with van der Waals surface area (Å²) < 4.78 is 0. The van der Waals surface area contributed by atoms with Crippen LogP contribution in [0.25, 0.3) is 64.6 Å². The highest BCUT2D eigenvalue weighted by Gasteiger charge is 2.43. The van der Waals surface area contributed by atoms with E-state index in [1.807, 2.05) is 0 Å². The maximum atomic E-state index is 4.03. The Morgan fingerprint density at radius 3 is 0.750 bits per heavy atom. The molecular weight excluding hydrogens is 945 g/mol. The van der Waals surface area contributed by atoms with Gasteiger partial charge in [-0.3, -0.25) is 0 Å². The molecule has 0 unspecified atom stereocenters. The van der Waals surface area contributed by atoms with Crippen LogP contribution in [0.3, 0.4) is 0 Å². The molecule has 9 rings (SSSR count). The Labute approximate surface area is 458 Å². The van der Waals surface area contributed by atoms with Crippen LogP contribution in [0, 0.1) is 46.6 Å². The first-order valence-electron chi connectivity index (χ1n) is 28.3. The Morgan fingerprint density at radius 2 is 0.487 bits per heavy atom. The van der Waals surface area contributed by atoms with E-state index in [0.717, 1.165) is 44.2 Å². The van der Waals surface area contributed by atoms with Gasteiger partial charge < -0.3 is 0 Å². The topological polar surface area (TPSA) is 0 Å². The molecule has 0 bridgehead atoms. The van der Waals surface area contributed by atoms with Crippen molar-refractivity contribution in [1.82, 2.24) is 0 Å². The van der Waals surface area contributed by atoms with Crippen molar-refractivity contribution in [2.45, 2.75) is 156 Å². The predicted molar refractivity (Wildman–Crippen MR) is 340 cm³/mol. The predicted octanol–water partition coefficient (Wildman–Crippen LogP) is 20.8. The first-order chi connectivity index (χ1) is 36.3. The molecule has 0 radical (unpaired) electrons. The van der Waals surface area contributed by atoms with Crippen LogP contribution in [0.1, 0.15) is 167 Å². The van der Waals surface area contributed by atoms with Crippen molar-refractivity contribution in [3.05, 3.63) is 178 Å². The largest absolute Gasteiger partial charge is 0.146 e. The van der Waals surface area contributed by atoms with Gasteiger partial charge in [0, 0.05) is 33.4 Å². The lowest BCUT2D eigenvalue weighted by molar-refractivity contribution is 0.838. The monoisotopic (exact) mass is 1020 g/mol. The van der Waals surface area contributed by atoms with E-state index < -0.39 is 16.1 Å². The SMILES string of the molecule is CC(C)c1c2cccc(C#Cc3cccc4cc5cccc(C#Cc6cccc7c(C(C)C)c8cccc(C#C[Si](C(C)C)(C(C)C)C(C)C)c8cc67)c5cc34)c2cc2c(C#C[Si](C(C)C)(C(C)C)C(C)C)cccc12. The van der Waals surface area contributed by atoms with Gasteiger partial charge in [-0.2, -0.15) is 0 Å². The lowest BCUT2D eigenvalue weighted by Crippen LogP contribution is -2.43. The number of hydrogen-bond donors (Lipinski definition) is 0. The number of rotatable bonds is 8. The average Bonchev–Trinajstić information content (AvgIpc) is 3.42. The van der Waals surface area contributed by atoms with E-state index in [0.29, 0.717) is 45.1 Å². The summed E-state index contributed by atoms with van der Waals surface area (Å²) in [6, 6.07) is 49.2. The molecule has 0 nitrogen and oxygen atoms in total. The maximum Gasteiger partial charge on any atom is 0.146 e. The molecule has 0 amide bonds. The van der Waals surface area contributed by atoms with Gasteiger partial charge in [-0.15, -0.1) is 11.1 Å². The standard InChI is InChI=1S/C74H78Si2/c1-47(2)73-63-31-19-25-57(69(63)45-71-59(27-21-33-65(71)73)39-41-75(49(5)6,50(7)8)51(9)10)37-35-55-23-17-29-61-43-62-30-18-24-56(68(62)44-67(55)61)36-38-58-26-20-32-64-70(58)46-72-60(28-22-34-66(72)74(64)48(3)4)40-42-76(52(11)12,53(13)14)54(15)16/h17-34,43-54H,1-16H3. The minimum atomic E-state index is -1.95. The fourth-order valence-corrected chi connectivity index (χ4v) is 24.3. The van der Waals surface area contributed by atoms with Gasteiger partial charge in [-0.25, -0.2) is 0 Å². The number of benzene rings is 9. The Kier molecular flexibility index (Phi) is 15.4. The van der Waals surface area contributed by atoms with Crippen LogP contribution in [0.2, 0.25) is 33.2 Å². The summed E-state index contributed by atoms with van der Waals surface area (Å²) in [5.74, 6) is 23.2. The molecule has 0 spiro atoms. The molecule has 0 fully saturated rings. The van der Waals surface area contributed by atoms with Crippen molar-refractivity contribution >= 4 is 80.8 Å². The second kappa shape index (κ2) is 21.7. The fraction of sp³-hybridized carbons (Fsp3) is 0.324. The van der Waals surface area contributed by atoms with E-state index >= 15 is 0 Å². The van der Waals surface area contributed by atoms with E-state index in [9.17, 15) is 0 Å². The van der Waals surface area contributed by atoms with Crippen LogP contribution < -0.4 is 0 Å². The molecule has 0 aliphatic carbocycles.